The Morgan fingerprint density at radius 2 is 1.93 bits per heavy atom. The average Bonchev–Trinajstić information content (AvgIpc) is 2.26. The summed E-state index contributed by atoms with van der Waals surface area (Å²) in [5.74, 6) is 0. The first-order valence-electron chi connectivity index (χ1n) is 4.97. The van der Waals surface area contributed by atoms with E-state index in [0.717, 1.165) is 12.1 Å². The fraction of sp³-hybridized carbons (Fsp3) is 0.308. The van der Waals surface area contributed by atoms with Crippen LogP contribution in [0.3, 0.4) is 0 Å². The Morgan fingerprint density at radius 3 is 2.43 bits per heavy atom. The van der Waals surface area contributed by atoms with Gasteiger partial charge in [-0.25, -0.2) is 0 Å². The molecule has 0 saturated carbocycles. The summed E-state index contributed by atoms with van der Waals surface area (Å²) in [6, 6.07) is 10.4. The van der Waals surface area contributed by atoms with Crippen LogP contribution in [0, 0.1) is 0 Å². The number of rotatable bonds is 3. The highest BCUT2D eigenvalue weighted by atomic mass is 14.7. The third-order valence-electron chi connectivity index (χ3n) is 2.26. The molecule has 1 rings (SSSR count). The van der Waals surface area contributed by atoms with E-state index in [0.29, 0.717) is 0 Å². The van der Waals surface area contributed by atoms with Crippen molar-refractivity contribution in [3.8, 4) is 0 Å². The molecule has 0 amide bonds. The van der Waals surface area contributed by atoms with E-state index < -0.39 is 0 Å². The highest BCUT2D eigenvalue weighted by Gasteiger charge is 1.95. The summed E-state index contributed by atoms with van der Waals surface area (Å²) in [7, 11) is 1.84. The quantitative estimate of drug-likeness (QED) is 0.641. The molecule has 0 fully saturated rings. The van der Waals surface area contributed by atoms with Crippen LogP contribution in [0.2, 0.25) is 0 Å². The van der Waals surface area contributed by atoms with Gasteiger partial charge in [0.2, 0.25) is 0 Å². The van der Waals surface area contributed by atoms with Crippen LogP contribution in [0.5, 0.6) is 0 Å². The number of benzene rings is 1. The Balaban J connectivity index is 2.90. The lowest BCUT2D eigenvalue weighted by Crippen LogP contribution is -1.91. The van der Waals surface area contributed by atoms with E-state index in [-0.39, 0.29) is 0 Å². The third kappa shape index (κ3) is 2.84. The zero-order valence-electron chi connectivity index (χ0n) is 9.12. The van der Waals surface area contributed by atoms with Gasteiger partial charge in [0.25, 0.3) is 0 Å². The second kappa shape index (κ2) is 5.38. The van der Waals surface area contributed by atoms with Crippen LogP contribution in [0.4, 0.5) is 0 Å². The maximum absolute atomic E-state index is 4.21. The van der Waals surface area contributed by atoms with E-state index in [4.69, 9.17) is 0 Å². The monoisotopic (exact) mass is 187 g/mol. The van der Waals surface area contributed by atoms with Gasteiger partial charge in [0.15, 0.2) is 0 Å². The van der Waals surface area contributed by atoms with Gasteiger partial charge in [-0.15, -0.1) is 0 Å². The molecule has 1 aromatic carbocycles. The lowest BCUT2D eigenvalue weighted by molar-refractivity contribution is 1.26. The van der Waals surface area contributed by atoms with E-state index in [9.17, 15) is 0 Å². The molecule has 0 unspecified atom stereocenters. The van der Waals surface area contributed by atoms with E-state index in [1.165, 1.54) is 11.1 Å². The largest absolute Gasteiger partial charge is 0.293 e. The van der Waals surface area contributed by atoms with Crippen molar-refractivity contribution in [3.05, 3.63) is 42.0 Å². The van der Waals surface area contributed by atoms with Crippen LogP contribution in [-0.4, -0.2) is 12.8 Å². The highest BCUT2D eigenvalue weighted by molar-refractivity contribution is 6.00. The second-order valence-corrected chi connectivity index (χ2v) is 3.26. The average molecular weight is 187 g/mol. The van der Waals surface area contributed by atoms with Crippen molar-refractivity contribution < 1.29 is 0 Å². The molecule has 0 heterocycles. The lowest BCUT2D eigenvalue weighted by Gasteiger charge is -2.01. The van der Waals surface area contributed by atoms with Crippen LogP contribution in [0.25, 0.3) is 5.57 Å². The molecule has 74 valence electrons. The molecule has 1 aromatic rings. The van der Waals surface area contributed by atoms with E-state index in [1.807, 2.05) is 13.1 Å². The molecule has 0 aromatic heterocycles. The first kappa shape index (κ1) is 10.7. The molecular formula is C13H17N. The van der Waals surface area contributed by atoms with E-state index in [2.05, 4.69) is 49.2 Å². The van der Waals surface area contributed by atoms with Gasteiger partial charge in [-0.2, -0.15) is 0 Å². The smallest absolute Gasteiger partial charge is 0.0344 e. The minimum Gasteiger partial charge on any atom is -0.293 e. The lowest BCUT2D eigenvalue weighted by atomic mass is 10.1. The van der Waals surface area contributed by atoms with Crippen LogP contribution in [0.15, 0.2) is 41.4 Å². The van der Waals surface area contributed by atoms with Crippen LogP contribution >= 0.6 is 0 Å². The maximum Gasteiger partial charge on any atom is 0.0344 e. The van der Waals surface area contributed by atoms with Gasteiger partial charge in [0, 0.05) is 12.8 Å². The fourth-order valence-electron chi connectivity index (χ4n) is 1.36. The van der Waals surface area contributed by atoms with Gasteiger partial charge in [-0.3, -0.25) is 4.99 Å². The predicted molar refractivity (Wildman–Crippen MR) is 63.7 cm³/mol. The summed E-state index contributed by atoms with van der Waals surface area (Å²) in [5, 5.41) is 0. The molecule has 0 spiro atoms. The fourth-order valence-corrected chi connectivity index (χ4v) is 1.36. The Labute approximate surface area is 86.2 Å². The van der Waals surface area contributed by atoms with Gasteiger partial charge in [0.1, 0.15) is 0 Å². The molecule has 0 radical (unpaired) electrons. The molecule has 1 heteroatoms. The SMILES string of the molecule is CCC(/C=C(\C)c1ccccc1)=NC. The first-order valence-corrected chi connectivity index (χ1v) is 4.97. The Hall–Kier alpha value is -1.37. The number of nitrogens with zero attached hydrogens (tertiary/aromatic N) is 1. The number of aliphatic imine (C=N–C) groups is 1. The number of allylic oxidation sites excluding steroid dienone is 2. The molecule has 0 bridgehead atoms. The zero-order valence-corrected chi connectivity index (χ0v) is 9.12. The number of hydrogen-bond acceptors (Lipinski definition) is 1. The summed E-state index contributed by atoms with van der Waals surface area (Å²) in [4.78, 5) is 4.21. The van der Waals surface area contributed by atoms with Gasteiger partial charge < -0.3 is 0 Å². The summed E-state index contributed by atoms with van der Waals surface area (Å²) >= 11 is 0. The van der Waals surface area contributed by atoms with Crippen LogP contribution in [-0.2, 0) is 0 Å². The van der Waals surface area contributed by atoms with E-state index in [1.54, 1.807) is 0 Å². The van der Waals surface area contributed by atoms with Crippen molar-refractivity contribution in [1.82, 2.24) is 0 Å². The maximum atomic E-state index is 4.21. The van der Waals surface area contributed by atoms with Crippen molar-refractivity contribution in [2.75, 3.05) is 7.05 Å². The topological polar surface area (TPSA) is 12.4 Å². The summed E-state index contributed by atoms with van der Waals surface area (Å²) in [6.07, 6.45) is 3.13. The van der Waals surface area contributed by atoms with Gasteiger partial charge in [-0.05, 0) is 30.6 Å². The predicted octanol–water partition coefficient (Wildman–Crippen LogP) is 3.57. The van der Waals surface area contributed by atoms with Crippen LogP contribution in [0.1, 0.15) is 25.8 Å². The molecule has 14 heavy (non-hydrogen) atoms. The van der Waals surface area contributed by atoms with Crippen molar-refractivity contribution in [3.63, 3.8) is 0 Å². The second-order valence-electron chi connectivity index (χ2n) is 3.26. The Kier molecular flexibility index (Phi) is 4.11. The Morgan fingerprint density at radius 1 is 1.29 bits per heavy atom. The normalized spacial score (nSPS) is 13.1. The van der Waals surface area contributed by atoms with Crippen molar-refractivity contribution >= 4 is 11.3 Å². The standard InChI is InChI=1S/C13H17N/c1-4-13(14-3)10-11(2)12-8-6-5-7-9-12/h5-10H,4H2,1-3H3/b11-10+,14-13?. The van der Waals surface area contributed by atoms with Gasteiger partial charge in [-0.1, -0.05) is 37.3 Å². The van der Waals surface area contributed by atoms with Crippen molar-refractivity contribution in [2.45, 2.75) is 20.3 Å². The van der Waals surface area contributed by atoms with Crippen LogP contribution < -0.4 is 0 Å². The molecule has 0 atom stereocenters. The van der Waals surface area contributed by atoms with Crippen molar-refractivity contribution in [1.29, 1.82) is 0 Å². The van der Waals surface area contributed by atoms with E-state index >= 15 is 0 Å². The van der Waals surface area contributed by atoms with Crippen molar-refractivity contribution in [2.24, 2.45) is 4.99 Å². The van der Waals surface area contributed by atoms with Gasteiger partial charge in [0.05, 0.1) is 0 Å². The molecular weight excluding hydrogens is 170 g/mol. The molecule has 0 aliphatic heterocycles. The highest BCUT2D eigenvalue weighted by Crippen LogP contribution is 2.13. The molecule has 1 nitrogen and oxygen atoms in total. The minimum atomic E-state index is 0.987. The molecule has 0 aliphatic rings. The summed E-state index contributed by atoms with van der Waals surface area (Å²) in [6.45, 7) is 4.24. The molecule has 0 aliphatic carbocycles. The third-order valence-corrected chi connectivity index (χ3v) is 2.26. The minimum absolute atomic E-state index is 0.987. The summed E-state index contributed by atoms with van der Waals surface area (Å²) in [5.41, 5.74) is 3.68. The number of hydrogen-bond donors (Lipinski definition) is 0. The Bertz CT molecular complexity index is 334. The molecule has 0 saturated heterocycles. The first-order chi connectivity index (χ1) is 6.77. The molecule has 0 N–H and O–H groups in total. The zero-order chi connectivity index (χ0) is 10.4. The summed E-state index contributed by atoms with van der Waals surface area (Å²) < 4.78 is 0. The van der Waals surface area contributed by atoms with Gasteiger partial charge >= 0.3 is 0 Å².